The standard InChI is InChI=1S/C15H22N2/c1-13(10-16-2)11-17-9-5-8-14-6-3-4-7-15(14)12-17/h3-4,6-7,16H,1,5,8-12H2,2H3. The summed E-state index contributed by atoms with van der Waals surface area (Å²) < 4.78 is 0. The summed E-state index contributed by atoms with van der Waals surface area (Å²) in [6, 6.07) is 8.81. The minimum Gasteiger partial charge on any atom is -0.316 e. The maximum atomic E-state index is 4.12. The van der Waals surface area contributed by atoms with Gasteiger partial charge in [0.15, 0.2) is 0 Å². The minimum absolute atomic E-state index is 0.915. The predicted octanol–water partition coefficient (Wildman–Crippen LogP) is 2.21. The molecule has 0 saturated carbocycles. The van der Waals surface area contributed by atoms with E-state index in [1.165, 1.54) is 36.1 Å². The lowest BCUT2D eigenvalue weighted by Crippen LogP contribution is -2.28. The summed E-state index contributed by atoms with van der Waals surface area (Å²) in [7, 11) is 1.98. The van der Waals surface area contributed by atoms with Crippen LogP contribution in [0.5, 0.6) is 0 Å². The van der Waals surface area contributed by atoms with Crippen LogP contribution in [0.2, 0.25) is 0 Å². The molecule has 0 bridgehead atoms. The first-order valence-corrected chi connectivity index (χ1v) is 6.40. The molecule has 0 saturated heterocycles. The van der Waals surface area contributed by atoms with Gasteiger partial charge in [-0.25, -0.2) is 0 Å². The summed E-state index contributed by atoms with van der Waals surface area (Å²) in [6.45, 7) is 8.29. The van der Waals surface area contributed by atoms with Crippen LogP contribution in [-0.2, 0) is 13.0 Å². The normalized spacial score (nSPS) is 16.3. The highest BCUT2D eigenvalue weighted by Crippen LogP contribution is 2.18. The second-order valence-corrected chi connectivity index (χ2v) is 4.86. The van der Waals surface area contributed by atoms with Crippen molar-refractivity contribution >= 4 is 0 Å². The van der Waals surface area contributed by atoms with E-state index < -0.39 is 0 Å². The number of fused-ring (bicyclic) bond motifs is 1. The fraction of sp³-hybridized carbons (Fsp3) is 0.467. The van der Waals surface area contributed by atoms with Crippen LogP contribution in [0.1, 0.15) is 17.5 Å². The van der Waals surface area contributed by atoms with Crippen molar-refractivity contribution in [3.8, 4) is 0 Å². The van der Waals surface area contributed by atoms with Crippen LogP contribution in [0.15, 0.2) is 36.4 Å². The van der Waals surface area contributed by atoms with E-state index in [2.05, 4.69) is 41.1 Å². The van der Waals surface area contributed by atoms with Crippen LogP contribution in [0.25, 0.3) is 0 Å². The molecule has 2 rings (SSSR count). The number of aryl methyl sites for hydroxylation is 1. The van der Waals surface area contributed by atoms with Crippen LogP contribution in [0.4, 0.5) is 0 Å². The van der Waals surface area contributed by atoms with E-state index in [9.17, 15) is 0 Å². The third kappa shape index (κ3) is 3.42. The molecule has 2 nitrogen and oxygen atoms in total. The third-order valence-electron chi connectivity index (χ3n) is 3.31. The number of nitrogens with one attached hydrogen (secondary N) is 1. The van der Waals surface area contributed by atoms with Gasteiger partial charge in [0.05, 0.1) is 0 Å². The maximum Gasteiger partial charge on any atom is 0.0239 e. The van der Waals surface area contributed by atoms with E-state index in [1.807, 2.05) is 7.05 Å². The van der Waals surface area contributed by atoms with E-state index in [4.69, 9.17) is 0 Å². The van der Waals surface area contributed by atoms with Crippen molar-refractivity contribution in [2.45, 2.75) is 19.4 Å². The molecule has 17 heavy (non-hydrogen) atoms. The van der Waals surface area contributed by atoms with Crippen molar-refractivity contribution in [1.29, 1.82) is 0 Å². The smallest absolute Gasteiger partial charge is 0.0239 e. The summed E-state index contributed by atoms with van der Waals surface area (Å²) in [5.74, 6) is 0. The van der Waals surface area contributed by atoms with Crippen molar-refractivity contribution < 1.29 is 0 Å². The molecule has 1 aromatic carbocycles. The molecule has 1 aliphatic heterocycles. The van der Waals surface area contributed by atoms with Gasteiger partial charge in [-0.15, -0.1) is 0 Å². The second kappa shape index (κ2) is 5.99. The number of hydrogen-bond donors (Lipinski definition) is 1. The molecule has 1 aromatic rings. The average molecular weight is 230 g/mol. The third-order valence-corrected chi connectivity index (χ3v) is 3.31. The van der Waals surface area contributed by atoms with Crippen LogP contribution in [0.3, 0.4) is 0 Å². The van der Waals surface area contributed by atoms with E-state index >= 15 is 0 Å². The van der Waals surface area contributed by atoms with Crippen LogP contribution in [-0.4, -0.2) is 31.6 Å². The first-order chi connectivity index (χ1) is 8.29. The Labute approximate surface area is 104 Å². The fourth-order valence-corrected chi connectivity index (χ4v) is 2.53. The quantitative estimate of drug-likeness (QED) is 0.798. The Morgan fingerprint density at radius 3 is 2.88 bits per heavy atom. The van der Waals surface area contributed by atoms with Gasteiger partial charge >= 0.3 is 0 Å². The monoisotopic (exact) mass is 230 g/mol. The summed E-state index contributed by atoms with van der Waals surface area (Å²) >= 11 is 0. The molecule has 1 N–H and O–H groups in total. The van der Waals surface area contributed by atoms with Crippen molar-refractivity contribution in [2.75, 3.05) is 26.7 Å². The van der Waals surface area contributed by atoms with Gasteiger partial charge in [-0.3, -0.25) is 4.90 Å². The van der Waals surface area contributed by atoms with E-state index in [0.29, 0.717) is 0 Å². The summed E-state index contributed by atoms with van der Waals surface area (Å²) in [4.78, 5) is 2.51. The summed E-state index contributed by atoms with van der Waals surface area (Å²) in [6.07, 6.45) is 2.47. The Morgan fingerprint density at radius 1 is 1.35 bits per heavy atom. The first-order valence-electron chi connectivity index (χ1n) is 6.40. The van der Waals surface area contributed by atoms with Crippen molar-refractivity contribution in [2.24, 2.45) is 0 Å². The minimum atomic E-state index is 0.915. The second-order valence-electron chi connectivity index (χ2n) is 4.86. The molecule has 0 fully saturated rings. The highest BCUT2D eigenvalue weighted by Gasteiger charge is 2.13. The van der Waals surface area contributed by atoms with Gasteiger partial charge in [0, 0.05) is 19.6 Å². The Hall–Kier alpha value is -1.12. The van der Waals surface area contributed by atoms with Gasteiger partial charge in [0.1, 0.15) is 0 Å². The lowest BCUT2D eigenvalue weighted by Gasteiger charge is -2.21. The van der Waals surface area contributed by atoms with Gasteiger partial charge in [0.25, 0.3) is 0 Å². The van der Waals surface area contributed by atoms with Gasteiger partial charge in [-0.1, -0.05) is 30.8 Å². The van der Waals surface area contributed by atoms with Crippen molar-refractivity contribution in [3.63, 3.8) is 0 Å². The SMILES string of the molecule is C=C(CNC)CN1CCCc2ccccc2C1. The molecule has 0 amide bonds. The molecule has 2 heteroatoms. The Balaban J connectivity index is 2.00. The van der Waals surface area contributed by atoms with Crippen LogP contribution >= 0.6 is 0 Å². The molecule has 1 heterocycles. The molecular weight excluding hydrogens is 208 g/mol. The lowest BCUT2D eigenvalue weighted by molar-refractivity contribution is 0.291. The molecule has 0 radical (unpaired) electrons. The van der Waals surface area contributed by atoms with Gasteiger partial charge in [0.2, 0.25) is 0 Å². The van der Waals surface area contributed by atoms with Crippen LogP contribution < -0.4 is 5.32 Å². The Kier molecular flexibility index (Phi) is 4.35. The molecule has 0 aromatic heterocycles. The van der Waals surface area contributed by atoms with Crippen LogP contribution in [0, 0.1) is 0 Å². The molecule has 92 valence electrons. The fourth-order valence-electron chi connectivity index (χ4n) is 2.53. The van der Waals surface area contributed by atoms with E-state index in [-0.39, 0.29) is 0 Å². The lowest BCUT2D eigenvalue weighted by atomic mass is 10.0. The highest BCUT2D eigenvalue weighted by atomic mass is 15.1. The average Bonchev–Trinajstić information content (AvgIpc) is 2.50. The Bertz CT molecular complexity index is 384. The number of benzene rings is 1. The topological polar surface area (TPSA) is 15.3 Å². The molecule has 0 aliphatic carbocycles. The number of likely N-dealkylation sites (N-methyl/N-ethyl adjacent to an activating group) is 1. The predicted molar refractivity (Wildman–Crippen MR) is 73.1 cm³/mol. The van der Waals surface area contributed by atoms with Gasteiger partial charge < -0.3 is 5.32 Å². The van der Waals surface area contributed by atoms with Crippen molar-refractivity contribution in [1.82, 2.24) is 10.2 Å². The largest absolute Gasteiger partial charge is 0.316 e. The van der Waals surface area contributed by atoms with Gasteiger partial charge in [-0.2, -0.15) is 0 Å². The molecule has 0 unspecified atom stereocenters. The highest BCUT2D eigenvalue weighted by molar-refractivity contribution is 5.28. The van der Waals surface area contributed by atoms with Crippen molar-refractivity contribution in [3.05, 3.63) is 47.5 Å². The zero-order chi connectivity index (χ0) is 12.1. The van der Waals surface area contributed by atoms with E-state index in [1.54, 1.807) is 0 Å². The molecular formula is C15H22N2. The number of rotatable bonds is 4. The Morgan fingerprint density at radius 2 is 2.12 bits per heavy atom. The number of hydrogen-bond acceptors (Lipinski definition) is 2. The maximum absolute atomic E-state index is 4.12. The first kappa shape index (κ1) is 12.3. The van der Waals surface area contributed by atoms with Gasteiger partial charge in [-0.05, 0) is 43.1 Å². The molecule has 0 atom stereocenters. The number of nitrogens with zero attached hydrogens (tertiary/aromatic N) is 1. The molecule has 1 aliphatic rings. The zero-order valence-corrected chi connectivity index (χ0v) is 10.7. The summed E-state index contributed by atoms with van der Waals surface area (Å²) in [5, 5.41) is 3.17. The zero-order valence-electron chi connectivity index (χ0n) is 10.7. The summed E-state index contributed by atoms with van der Waals surface area (Å²) in [5.41, 5.74) is 4.28. The molecule has 0 spiro atoms. The van der Waals surface area contributed by atoms with E-state index in [0.717, 1.165) is 19.6 Å².